The van der Waals surface area contributed by atoms with Crippen LogP contribution in [-0.2, 0) is 5.75 Å². The lowest BCUT2D eigenvalue weighted by Crippen LogP contribution is -2.25. The molecule has 0 aliphatic carbocycles. The Morgan fingerprint density at radius 1 is 1.06 bits per heavy atom. The van der Waals surface area contributed by atoms with Gasteiger partial charge >= 0.3 is 0 Å². The quantitative estimate of drug-likeness (QED) is 0.213. The highest BCUT2D eigenvalue weighted by molar-refractivity contribution is 7.99. The number of nitrogens with two attached hydrogens (primary N) is 1. The van der Waals surface area contributed by atoms with Crippen LogP contribution in [0.25, 0.3) is 22.2 Å². The van der Waals surface area contributed by atoms with Crippen molar-refractivity contribution in [1.29, 1.82) is 0 Å². The lowest BCUT2D eigenvalue weighted by Gasteiger charge is -2.16. The van der Waals surface area contributed by atoms with Gasteiger partial charge in [0.15, 0.2) is 17.5 Å². The molecule has 0 aliphatic rings. The van der Waals surface area contributed by atoms with Gasteiger partial charge in [-0.25, -0.2) is 22.5 Å². The molecule has 176 valence electrons. The van der Waals surface area contributed by atoms with Crippen molar-refractivity contribution in [2.75, 3.05) is 10.5 Å². The topological polar surface area (TPSA) is 85.8 Å². The summed E-state index contributed by atoms with van der Waals surface area (Å²) in [6.07, 6.45) is 1.35. The Balaban J connectivity index is 1.75. The first-order chi connectivity index (χ1) is 16.2. The summed E-state index contributed by atoms with van der Waals surface area (Å²) < 4.78 is 62.2. The van der Waals surface area contributed by atoms with Gasteiger partial charge in [0, 0.05) is 28.9 Å². The molecule has 11 heteroatoms. The standard InChI is InChI=1S/C23H19F4N5OS/c1-11(2)32-21-13(9-29-23(28)30-21)7-15(22(32)33)14-8-17(25)20(19(27)18(14)26)31-34-10-12-5-3-4-6-16(12)24/h3-9,11,31H,10H2,1-2H3,(H2,28,29,30). The molecule has 0 radical (unpaired) electrons. The van der Waals surface area contributed by atoms with Crippen molar-refractivity contribution in [2.24, 2.45) is 0 Å². The molecule has 6 nitrogen and oxygen atoms in total. The van der Waals surface area contributed by atoms with Gasteiger partial charge < -0.3 is 10.5 Å². The summed E-state index contributed by atoms with van der Waals surface area (Å²) in [6, 6.07) is 7.55. The number of halogens is 4. The number of hydrogen-bond acceptors (Lipinski definition) is 6. The van der Waals surface area contributed by atoms with Gasteiger partial charge in [0.05, 0.1) is 5.56 Å². The largest absolute Gasteiger partial charge is 0.368 e. The van der Waals surface area contributed by atoms with Gasteiger partial charge in [0.25, 0.3) is 5.56 Å². The SMILES string of the molecule is CC(C)n1c(=O)c(-c2cc(F)c(NSCc3ccccc3F)c(F)c2F)cc2cnc(N)nc21. The number of nitrogen functional groups attached to an aromatic ring is 1. The lowest BCUT2D eigenvalue weighted by molar-refractivity contribution is 0.502. The molecular weight excluding hydrogens is 470 g/mol. The second-order valence-corrected chi connectivity index (χ2v) is 8.51. The monoisotopic (exact) mass is 489 g/mol. The summed E-state index contributed by atoms with van der Waals surface area (Å²) in [5.41, 5.74) is 3.95. The maximum Gasteiger partial charge on any atom is 0.260 e. The zero-order chi connectivity index (χ0) is 24.6. The molecular formula is C23H19F4N5OS. The Morgan fingerprint density at radius 2 is 1.79 bits per heavy atom. The summed E-state index contributed by atoms with van der Waals surface area (Å²) in [5.74, 6) is -4.50. The minimum Gasteiger partial charge on any atom is -0.368 e. The Morgan fingerprint density at radius 3 is 2.50 bits per heavy atom. The third-order valence-electron chi connectivity index (χ3n) is 5.12. The van der Waals surface area contributed by atoms with E-state index in [1.807, 2.05) is 0 Å². The smallest absolute Gasteiger partial charge is 0.260 e. The Hall–Kier alpha value is -3.60. The maximum absolute atomic E-state index is 15.1. The number of nitrogens with zero attached hydrogens (tertiary/aromatic N) is 3. The summed E-state index contributed by atoms with van der Waals surface area (Å²) >= 11 is 0.794. The van der Waals surface area contributed by atoms with Crippen molar-refractivity contribution >= 4 is 34.6 Å². The number of nitrogens with one attached hydrogen (secondary N) is 1. The molecule has 0 atom stereocenters. The minimum absolute atomic E-state index is 0.0435. The number of benzene rings is 2. The van der Waals surface area contributed by atoms with E-state index in [9.17, 15) is 18.0 Å². The van der Waals surface area contributed by atoms with E-state index in [1.165, 1.54) is 35.0 Å². The van der Waals surface area contributed by atoms with Crippen LogP contribution in [0.5, 0.6) is 0 Å². The Labute approximate surface area is 196 Å². The molecule has 0 spiro atoms. The molecule has 0 aliphatic heterocycles. The van der Waals surface area contributed by atoms with E-state index in [0.29, 0.717) is 10.9 Å². The van der Waals surface area contributed by atoms with Crippen molar-refractivity contribution in [1.82, 2.24) is 14.5 Å². The highest BCUT2D eigenvalue weighted by atomic mass is 32.2. The number of pyridine rings is 1. The first-order valence-corrected chi connectivity index (χ1v) is 11.1. The molecule has 2 aromatic carbocycles. The van der Waals surface area contributed by atoms with Gasteiger partial charge in [-0.1, -0.05) is 18.2 Å². The van der Waals surface area contributed by atoms with E-state index >= 15 is 4.39 Å². The van der Waals surface area contributed by atoms with E-state index in [-0.39, 0.29) is 22.9 Å². The predicted octanol–water partition coefficient (Wildman–Crippen LogP) is 5.44. The van der Waals surface area contributed by atoms with Crippen LogP contribution in [0.4, 0.5) is 29.2 Å². The van der Waals surface area contributed by atoms with Gasteiger partial charge in [-0.15, -0.1) is 0 Å². The summed E-state index contributed by atoms with van der Waals surface area (Å²) in [4.78, 5) is 21.1. The van der Waals surface area contributed by atoms with Gasteiger partial charge in [0.2, 0.25) is 5.95 Å². The molecule has 0 saturated carbocycles. The Bertz CT molecular complexity index is 1460. The molecule has 4 rings (SSSR count). The molecule has 4 aromatic rings. The lowest BCUT2D eigenvalue weighted by atomic mass is 10.0. The van der Waals surface area contributed by atoms with Crippen LogP contribution in [0.3, 0.4) is 0 Å². The van der Waals surface area contributed by atoms with Crippen molar-refractivity contribution < 1.29 is 17.6 Å². The normalized spacial score (nSPS) is 11.4. The molecule has 3 N–H and O–H groups in total. The van der Waals surface area contributed by atoms with Crippen LogP contribution in [0.15, 0.2) is 47.4 Å². The van der Waals surface area contributed by atoms with Crippen LogP contribution >= 0.6 is 11.9 Å². The maximum atomic E-state index is 15.1. The van der Waals surface area contributed by atoms with Crippen LogP contribution in [0.1, 0.15) is 25.5 Å². The first-order valence-electron chi connectivity index (χ1n) is 10.2. The van der Waals surface area contributed by atoms with E-state index in [2.05, 4.69) is 14.7 Å². The van der Waals surface area contributed by atoms with E-state index in [0.717, 1.165) is 18.0 Å². The van der Waals surface area contributed by atoms with Crippen molar-refractivity contribution in [3.05, 3.63) is 81.8 Å². The highest BCUT2D eigenvalue weighted by Crippen LogP contribution is 2.33. The molecule has 2 aromatic heterocycles. The number of aromatic nitrogens is 3. The second-order valence-electron chi connectivity index (χ2n) is 7.73. The number of anilines is 2. The fourth-order valence-electron chi connectivity index (χ4n) is 3.49. The van der Waals surface area contributed by atoms with Gasteiger partial charge in [-0.2, -0.15) is 4.98 Å². The number of rotatable bonds is 6. The van der Waals surface area contributed by atoms with Crippen LogP contribution in [0.2, 0.25) is 0 Å². The third kappa shape index (κ3) is 4.30. The van der Waals surface area contributed by atoms with Crippen molar-refractivity contribution in [3.63, 3.8) is 0 Å². The predicted molar refractivity (Wildman–Crippen MR) is 125 cm³/mol. The van der Waals surface area contributed by atoms with E-state index < -0.39 is 46.1 Å². The van der Waals surface area contributed by atoms with Crippen LogP contribution in [-0.4, -0.2) is 14.5 Å². The summed E-state index contributed by atoms with van der Waals surface area (Å²) in [6.45, 7) is 3.42. The van der Waals surface area contributed by atoms with Gasteiger partial charge in [-0.3, -0.25) is 9.36 Å². The molecule has 0 saturated heterocycles. The van der Waals surface area contributed by atoms with Crippen LogP contribution < -0.4 is 16.0 Å². The number of fused-ring (bicyclic) bond motifs is 1. The molecule has 0 fully saturated rings. The van der Waals surface area contributed by atoms with Crippen molar-refractivity contribution in [3.8, 4) is 11.1 Å². The van der Waals surface area contributed by atoms with Gasteiger partial charge in [-0.05, 0) is 49.6 Å². The molecule has 0 bridgehead atoms. The fourth-order valence-corrected chi connectivity index (χ4v) is 4.28. The minimum atomic E-state index is -1.50. The molecule has 0 unspecified atom stereocenters. The Kier molecular flexibility index (Phi) is 6.47. The second kappa shape index (κ2) is 9.34. The van der Waals surface area contributed by atoms with E-state index in [1.54, 1.807) is 19.9 Å². The average Bonchev–Trinajstić information content (AvgIpc) is 2.79. The fraction of sp³-hybridized carbons (Fsp3) is 0.174. The third-order valence-corrected chi connectivity index (χ3v) is 5.92. The number of hydrogen-bond donors (Lipinski definition) is 2. The highest BCUT2D eigenvalue weighted by Gasteiger charge is 2.24. The molecule has 2 heterocycles. The van der Waals surface area contributed by atoms with E-state index in [4.69, 9.17) is 5.73 Å². The molecule has 34 heavy (non-hydrogen) atoms. The zero-order valence-corrected chi connectivity index (χ0v) is 18.9. The zero-order valence-electron chi connectivity index (χ0n) is 18.1. The average molecular weight is 489 g/mol. The first kappa shape index (κ1) is 23.6. The molecule has 0 amide bonds. The summed E-state index contributed by atoms with van der Waals surface area (Å²) in [7, 11) is 0. The van der Waals surface area contributed by atoms with Crippen molar-refractivity contribution in [2.45, 2.75) is 25.6 Å². The van der Waals surface area contributed by atoms with Gasteiger partial charge in [0.1, 0.15) is 17.2 Å². The van der Waals surface area contributed by atoms with Crippen LogP contribution in [0, 0.1) is 23.3 Å². The summed E-state index contributed by atoms with van der Waals surface area (Å²) in [5, 5.41) is 0.348.